The highest BCUT2D eigenvalue weighted by Crippen LogP contribution is 2.37. The lowest BCUT2D eigenvalue weighted by Crippen LogP contribution is -2.35. The van der Waals surface area contributed by atoms with Crippen molar-refractivity contribution in [2.75, 3.05) is 27.0 Å². The van der Waals surface area contributed by atoms with Crippen LogP contribution in [-0.2, 0) is 28.2 Å². The van der Waals surface area contributed by atoms with E-state index in [0.29, 0.717) is 42.9 Å². The third-order valence-electron chi connectivity index (χ3n) is 5.88. The first-order chi connectivity index (χ1) is 15.1. The van der Waals surface area contributed by atoms with Crippen LogP contribution in [-0.4, -0.2) is 31.6 Å². The van der Waals surface area contributed by atoms with Gasteiger partial charge in [0.05, 0.1) is 17.7 Å². The second-order valence-corrected chi connectivity index (χ2v) is 7.64. The molecule has 1 saturated heterocycles. The summed E-state index contributed by atoms with van der Waals surface area (Å²) in [4.78, 5) is 12.3. The molecule has 0 N–H and O–H groups in total. The van der Waals surface area contributed by atoms with E-state index in [-0.39, 0.29) is 18.7 Å². The van der Waals surface area contributed by atoms with Crippen molar-refractivity contribution in [2.45, 2.75) is 31.6 Å². The number of halogens is 2. The van der Waals surface area contributed by atoms with Crippen LogP contribution in [0.2, 0.25) is 0 Å². The number of fused-ring (bicyclic) bond motifs is 1. The van der Waals surface area contributed by atoms with Crippen molar-refractivity contribution in [3.8, 4) is 5.75 Å². The van der Waals surface area contributed by atoms with Crippen LogP contribution in [0.1, 0.15) is 24.0 Å². The van der Waals surface area contributed by atoms with E-state index in [1.807, 2.05) is 18.2 Å². The maximum Gasteiger partial charge on any atom is 0.251 e. The monoisotopic (exact) mass is 429 g/mol. The molecule has 0 unspecified atom stereocenters. The fourth-order valence-corrected chi connectivity index (χ4v) is 4.24. The van der Waals surface area contributed by atoms with Crippen LogP contribution in [0, 0.1) is 5.82 Å². The van der Waals surface area contributed by atoms with Crippen LogP contribution in [0.25, 0.3) is 10.9 Å². The smallest absolute Gasteiger partial charge is 0.251 e. The molecule has 0 spiro atoms. The van der Waals surface area contributed by atoms with Gasteiger partial charge >= 0.3 is 0 Å². The number of para-hydroxylation sites is 1. The third-order valence-corrected chi connectivity index (χ3v) is 5.88. The molecule has 0 radical (unpaired) electrons. The Morgan fingerprint density at radius 1 is 1.13 bits per heavy atom. The number of aryl methyl sites for hydroxylation is 1. The van der Waals surface area contributed by atoms with Crippen molar-refractivity contribution in [1.29, 1.82) is 0 Å². The van der Waals surface area contributed by atoms with Crippen LogP contribution in [0.5, 0.6) is 5.75 Å². The Morgan fingerprint density at radius 3 is 2.68 bits per heavy atom. The zero-order chi connectivity index (χ0) is 21.8. The topological polar surface area (TPSA) is 49.7 Å². The lowest BCUT2D eigenvalue weighted by Gasteiger charge is -2.36. The van der Waals surface area contributed by atoms with Crippen molar-refractivity contribution >= 4 is 10.9 Å². The predicted octanol–water partition coefficient (Wildman–Crippen LogP) is 4.34. The summed E-state index contributed by atoms with van der Waals surface area (Å²) in [5.41, 5.74) is 1.18. The molecule has 0 bridgehead atoms. The molecular weight excluding hydrogens is 404 g/mol. The van der Waals surface area contributed by atoms with Gasteiger partial charge in [0.1, 0.15) is 24.8 Å². The molecule has 5 nitrogen and oxygen atoms in total. The molecule has 0 atom stereocenters. The summed E-state index contributed by atoms with van der Waals surface area (Å²) in [6, 6.07) is 13.3. The lowest BCUT2D eigenvalue weighted by atomic mass is 9.86. The number of ether oxygens (including phenoxy) is 3. The number of benzene rings is 2. The van der Waals surface area contributed by atoms with Gasteiger partial charge in [-0.15, -0.1) is 0 Å². The highest BCUT2D eigenvalue weighted by molar-refractivity contribution is 5.82. The Bertz CT molecular complexity index is 1120. The zero-order valence-electron chi connectivity index (χ0n) is 17.4. The van der Waals surface area contributed by atoms with Gasteiger partial charge in [-0.2, -0.15) is 0 Å². The van der Waals surface area contributed by atoms with Gasteiger partial charge in [0.25, 0.3) is 5.56 Å². The fourth-order valence-electron chi connectivity index (χ4n) is 4.24. The summed E-state index contributed by atoms with van der Waals surface area (Å²) in [5, 5.41) is 0.814. The van der Waals surface area contributed by atoms with Gasteiger partial charge in [-0.3, -0.25) is 4.79 Å². The molecule has 3 aromatic rings. The average molecular weight is 429 g/mol. The Hall–Kier alpha value is -2.77. The van der Waals surface area contributed by atoms with Crippen LogP contribution in [0.4, 0.5) is 8.78 Å². The Balaban J connectivity index is 1.66. The summed E-state index contributed by atoms with van der Waals surface area (Å²) in [7, 11) is 1.62. The number of methoxy groups -OCH3 is 1. The first-order valence-corrected chi connectivity index (χ1v) is 10.3. The van der Waals surface area contributed by atoms with Crippen molar-refractivity contribution < 1.29 is 23.0 Å². The SMILES string of the molecule is COC1(c2cc(F)cc(OCc3cccc4ccc(=O)n(CCF)c34)c2)CCOCC1. The van der Waals surface area contributed by atoms with Gasteiger partial charge < -0.3 is 18.8 Å². The summed E-state index contributed by atoms with van der Waals surface area (Å²) in [6.07, 6.45) is 1.26. The molecule has 7 heteroatoms. The second kappa shape index (κ2) is 9.16. The molecule has 164 valence electrons. The molecule has 31 heavy (non-hydrogen) atoms. The van der Waals surface area contributed by atoms with Gasteiger partial charge in [-0.1, -0.05) is 18.2 Å². The Kier molecular flexibility index (Phi) is 6.34. The number of pyridine rings is 1. The fraction of sp³-hybridized carbons (Fsp3) is 0.375. The number of alkyl halides is 1. The standard InChI is InChI=1S/C24H25F2NO4/c1-29-24(7-11-30-12-8-24)19-13-20(26)15-21(14-19)31-16-18-4-2-3-17-5-6-22(28)27(10-9-25)23(17)18/h2-6,13-15H,7-12,16H2,1H3. The minimum atomic E-state index is -0.649. The van der Waals surface area contributed by atoms with E-state index in [0.717, 1.165) is 10.9 Å². The molecule has 0 aliphatic carbocycles. The predicted molar refractivity (Wildman–Crippen MR) is 114 cm³/mol. The molecule has 1 fully saturated rings. The largest absolute Gasteiger partial charge is 0.489 e. The van der Waals surface area contributed by atoms with E-state index in [2.05, 4.69) is 0 Å². The number of nitrogens with zero attached hydrogens (tertiary/aromatic N) is 1. The van der Waals surface area contributed by atoms with Crippen molar-refractivity contribution in [1.82, 2.24) is 4.57 Å². The van der Waals surface area contributed by atoms with Gasteiger partial charge in [0.2, 0.25) is 0 Å². The summed E-state index contributed by atoms with van der Waals surface area (Å²) < 4.78 is 46.0. The van der Waals surface area contributed by atoms with E-state index in [4.69, 9.17) is 14.2 Å². The van der Waals surface area contributed by atoms with Crippen molar-refractivity contribution in [3.05, 3.63) is 75.8 Å². The van der Waals surface area contributed by atoms with Gasteiger partial charge in [0.15, 0.2) is 0 Å². The number of hydrogen-bond acceptors (Lipinski definition) is 4. The Morgan fingerprint density at radius 2 is 1.94 bits per heavy atom. The highest BCUT2D eigenvalue weighted by Gasteiger charge is 2.35. The maximum absolute atomic E-state index is 14.4. The third kappa shape index (κ3) is 4.34. The van der Waals surface area contributed by atoms with Crippen molar-refractivity contribution in [3.63, 3.8) is 0 Å². The molecule has 2 heterocycles. The first kappa shape index (κ1) is 21.5. The zero-order valence-corrected chi connectivity index (χ0v) is 17.4. The maximum atomic E-state index is 14.4. The summed E-state index contributed by atoms with van der Waals surface area (Å²) >= 11 is 0. The van der Waals surface area contributed by atoms with Crippen LogP contribution in [0.3, 0.4) is 0 Å². The lowest BCUT2D eigenvalue weighted by molar-refractivity contribution is -0.0950. The van der Waals surface area contributed by atoms with E-state index in [9.17, 15) is 13.6 Å². The summed E-state index contributed by atoms with van der Waals surface area (Å²) in [6.45, 7) is 0.518. The molecule has 1 aliphatic heterocycles. The quantitative estimate of drug-likeness (QED) is 0.561. The van der Waals surface area contributed by atoms with E-state index < -0.39 is 18.1 Å². The van der Waals surface area contributed by atoms with Crippen LogP contribution >= 0.6 is 0 Å². The molecular formula is C24H25F2NO4. The van der Waals surface area contributed by atoms with Gasteiger partial charge in [0, 0.05) is 50.9 Å². The van der Waals surface area contributed by atoms with Crippen LogP contribution < -0.4 is 10.3 Å². The normalized spacial score (nSPS) is 15.8. The molecule has 4 rings (SSSR count). The second-order valence-electron chi connectivity index (χ2n) is 7.64. The van der Waals surface area contributed by atoms with Crippen LogP contribution in [0.15, 0.2) is 53.3 Å². The number of aromatic nitrogens is 1. The van der Waals surface area contributed by atoms with E-state index >= 15 is 0 Å². The van der Waals surface area contributed by atoms with E-state index in [1.54, 1.807) is 19.2 Å². The van der Waals surface area contributed by atoms with Gasteiger partial charge in [-0.05, 0) is 29.1 Å². The average Bonchev–Trinajstić information content (AvgIpc) is 2.79. The molecule has 1 aromatic heterocycles. The minimum absolute atomic E-state index is 0.0320. The minimum Gasteiger partial charge on any atom is -0.489 e. The first-order valence-electron chi connectivity index (χ1n) is 10.3. The van der Waals surface area contributed by atoms with E-state index in [1.165, 1.54) is 22.8 Å². The van der Waals surface area contributed by atoms with Gasteiger partial charge in [-0.25, -0.2) is 8.78 Å². The molecule has 0 saturated carbocycles. The number of rotatable bonds is 7. The number of hydrogen-bond donors (Lipinski definition) is 0. The molecule has 1 aliphatic rings. The summed E-state index contributed by atoms with van der Waals surface area (Å²) in [5.74, 6) is -0.0482. The highest BCUT2D eigenvalue weighted by atomic mass is 19.1. The van der Waals surface area contributed by atoms with Crippen molar-refractivity contribution in [2.24, 2.45) is 0 Å². The molecule has 2 aromatic carbocycles. The Labute approximate surface area is 179 Å². The molecule has 0 amide bonds.